The molecule has 0 saturated carbocycles. The Kier molecular flexibility index (Phi) is 7.57. The van der Waals surface area contributed by atoms with E-state index in [-0.39, 0.29) is 18.4 Å². The van der Waals surface area contributed by atoms with Crippen molar-refractivity contribution < 1.29 is 24.0 Å². The highest BCUT2D eigenvalue weighted by molar-refractivity contribution is 5.94. The summed E-state index contributed by atoms with van der Waals surface area (Å²) < 4.78 is 4.85. The molecule has 2 aromatic rings. The minimum atomic E-state index is -0.717. The van der Waals surface area contributed by atoms with Gasteiger partial charge < -0.3 is 19.9 Å². The van der Waals surface area contributed by atoms with E-state index in [4.69, 9.17) is 4.74 Å². The molecular weight excluding hydrogens is 382 g/mol. The standard InChI is InChI=1S/C23H27N3O4/c1-30-23(29)20(16-18-8-4-2-5-9-18)24-21(27)17-25-12-14-26(15-13-25)22(28)19-10-6-3-7-11-19/h2-11,20H,12-17H2,1H3,(H,24,27)/p+1/t20-/m0/s1. The topological polar surface area (TPSA) is 80.2 Å². The van der Waals surface area contributed by atoms with Crippen molar-refractivity contribution in [3.63, 3.8) is 0 Å². The first-order valence-electron chi connectivity index (χ1n) is 10.2. The number of methoxy groups -OCH3 is 1. The van der Waals surface area contributed by atoms with Gasteiger partial charge in [-0.05, 0) is 17.7 Å². The first kappa shape index (κ1) is 21.5. The second kappa shape index (κ2) is 10.5. The Bertz CT molecular complexity index is 849. The summed E-state index contributed by atoms with van der Waals surface area (Å²) in [5.74, 6) is -0.632. The highest BCUT2D eigenvalue weighted by Crippen LogP contribution is 2.06. The van der Waals surface area contributed by atoms with Crippen LogP contribution in [0.5, 0.6) is 0 Å². The van der Waals surface area contributed by atoms with Gasteiger partial charge >= 0.3 is 5.97 Å². The molecule has 30 heavy (non-hydrogen) atoms. The maximum atomic E-state index is 12.5. The monoisotopic (exact) mass is 410 g/mol. The van der Waals surface area contributed by atoms with Gasteiger partial charge in [-0.25, -0.2) is 4.79 Å². The predicted octanol–water partition coefficient (Wildman–Crippen LogP) is -0.0722. The third-order valence-corrected chi connectivity index (χ3v) is 5.29. The quantitative estimate of drug-likeness (QED) is 0.627. The number of nitrogens with one attached hydrogen (secondary N) is 2. The van der Waals surface area contributed by atoms with Crippen molar-refractivity contribution in [2.45, 2.75) is 12.5 Å². The zero-order valence-electron chi connectivity index (χ0n) is 17.2. The molecule has 7 heteroatoms. The molecule has 2 aromatic carbocycles. The lowest BCUT2D eigenvalue weighted by molar-refractivity contribution is -0.896. The summed E-state index contributed by atoms with van der Waals surface area (Å²) in [6.07, 6.45) is 0.383. The second-order valence-corrected chi connectivity index (χ2v) is 7.42. The number of quaternary nitrogens is 1. The number of ether oxygens (including phenoxy) is 1. The largest absolute Gasteiger partial charge is 0.467 e. The zero-order valence-corrected chi connectivity index (χ0v) is 17.2. The maximum absolute atomic E-state index is 12.5. The van der Waals surface area contributed by atoms with Crippen LogP contribution >= 0.6 is 0 Å². The summed E-state index contributed by atoms with van der Waals surface area (Å²) in [6.45, 7) is 2.83. The SMILES string of the molecule is COC(=O)[C@H](Cc1ccccc1)NC(=O)C[NH+]1CCN(C(=O)c2ccccc2)CC1. The van der Waals surface area contributed by atoms with Crippen LogP contribution in [0, 0.1) is 0 Å². The van der Waals surface area contributed by atoms with E-state index < -0.39 is 12.0 Å². The molecule has 158 valence electrons. The van der Waals surface area contributed by atoms with Gasteiger partial charge in [0.25, 0.3) is 11.8 Å². The Morgan fingerprint density at radius 1 is 1.00 bits per heavy atom. The molecule has 3 rings (SSSR count). The van der Waals surface area contributed by atoms with Crippen molar-refractivity contribution in [1.82, 2.24) is 10.2 Å². The van der Waals surface area contributed by atoms with Gasteiger partial charge in [0.05, 0.1) is 33.3 Å². The first-order chi connectivity index (χ1) is 14.6. The lowest BCUT2D eigenvalue weighted by atomic mass is 10.1. The van der Waals surface area contributed by atoms with E-state index in [0.717, 1.165) is 10.5 Å². The third-order valence-electron chi connectivity index (χ3n) is 5.29. The normalized spacial score (nSPS) is 15.3. The molecule has 1 aliphatic rings. The maximum Gasteiger partial charge on any atom is 0.328 e. The minimum absolute atomic E-state index is 0.0210. The summed E-state index contributed by atoms with van der Waals surface area (Å²) in [5.41, 5.74) is 1.63. The van der Waals surface area contributed by atoms with Crippen molar-refractivity contribution in [2.24, 2.45) is 0 Å². The van der Waals surface area contributed by atoms with Gasteiger partial charge in [-0.1, -0.05) is 48.5 Å². The molecule has 0 unspecified atom stereocenters. The van der Waals surface area contributed by atoms with Gasteiger partial charge in [0.1, 0.15) is 6.04 Å². The molecule has 0 aromatic heterocycles. The molecule has 2 amide bonds. The second-order valence-electron chi connectivity index (χ2n) is 7.42. The Labute approximate surface area is 176 Å². The molecule has 7 nitrogen and oxygen atoms in total. The van der Waals surface area contributed by atoms with Crippen molar-refractivity contribution in [3.8, 4) is 0 Å². The third kappa shape index (κ3) is 5.90. The lowest BCUT2D eigenvalue weighted by Gasteiger charge is -2.32. The van der Waals surface area contributed by atoms with Crippen LogP contribution in [0.25, 0.3) is 0 Å². The number of piperazine rings is 1. The zero-order chi connectivity index (χ0) is 21.3. The fourth-order valence-electron chi connectivity index (χ4n) is 3.62. The molecule has 1 fully saturated rings. The van der Waals surface area contributed by atoms with E-state index in [1.807, 2.05) is 65.6 Å². The smallest absolute Gasteiger partial charge is 0.328 e. The predicted molar refractivity (Wildman–Crippen MR) is 112 cm³/mol. The molecule has 0 aliphatic carbocycles. The van der Waals surface area contributed by atoms with E-state index in [1.54, 1.807) is 0 Å². The Morgan fingerprint density at radius 3 is 2.20 bits per heavy atom. The van der Waals surface area contributed by atoms with Crippen LogP contribution in [-0.4, -0.2) is 68.6 Å². The molecule has 0 radical (unpaired) electrons. The average molecular weight is 410 g/mol. The van der Waals surface area contributed by atoms with Gasteiger partial charge in [-0.3, -0.25) is 9.59 Å². The van der Waals surface area contributed by atoms with Crippen LogP contribution in [0.1, 0.15) is 15.9 Å². The number of hydrogen-bond acceptors (Lipinski definition) is 4. The van der Waals surface area contributed by atoms with E-state index in [0.29, 0.717) is 38.2 Å². The molecule has 1 aliphatic heterocycles. The number of amides is 2. The van der Waals surface area contributed by atoms with Crippen LogP contribution in [-0.2, 0) is 20.7 Å². The molecule has 2 N–H and O–H groups in total. The number of benzene rings is 2. The number of rotatable bonds is 7. The number of nitrogens with zero attached hydrogens (tertiary/aromatic N) is 1. The summed E-state index contributed by atoms with van der Waals surface area (Å²) in [5, 5.41) is 2.81. The molecule has 1 heterocycles. The average Bonchev–Trinajstić information content (AvgIpc) is 2.79. The Morgan fingerprint density at radius 2 is 1.60 bits per heavy atom. The lowest BCUT2D eigenvalue weighted by Crippen LogP contribution is -3.16. The van der Waals surface area contributed by atoms with Crippen LogP contribution in [0.4, 0.5) is 0 Å². The van der Waals surface area contributed by atoms with Crippen LogP contribution < -0.4 is 10.2 Å². The van der Waals surface area contributed by atoms with E-state index in [1.165, 1.54) is 7.11 Å². The first-order valence-corrected chi connectivity index (χ1v) is 10.2. The number of carbonyl (C=O) groups is 3. The number of carbonyl (C=O) groups excluding carboxylic acids is 3. The van der Waals surface area contributed by atoms with Crippen LogP contribution in [0.15, 0.2) is 60.7 Å². The Hall–Kier alpha value is -3.19. The van der Waals surface area contributed by atoms with E-state index in [2.05, 4.69) is 5.32 Å². The fourth-order valence-corrected chi connectivity index (χ4v) is 3.62. The van der Waals surface area contributed by atoms with Crippen LogP contribution in [0.2, 0.25) is 0 Å². The highest BCUT2D eigenvalue weighted by Gasteiger charge is 2.28. The number of hydrogen-bond donors (Lipinski definition) is 2. The summed E-state index contributed by atoms with van der Waals surface area (Å²) in [7, 11) is 1.32. The van der Waals surface area contributed by atoms with Gasteiger partial charge in [0.15, 0.2) is 6.54 Å². The summed E-state index contributed by atoms with van der Waals surface area (Å²) in [6, 6.07) is 18.0. The van der Waals surface area contributed by atoms with Crippen molar-refractivity contribution in [1.29, 1.82) is 0 Å². The molecular formula is C23H28N3O4+. The molecule has 0 bridgehead atoms. The highest BCUT2D eigenvalue weighted by atomic mass is 16.5. The number of esters is 1. The molecule has 1 atom stereocenters. The van der Waals surface area contributed by atoms with Gasteiger partial charge in [-0.15, -0.1) is 0 Å². The molecule has 0 spiro atoms. The van der Waals surface area contributed by atoms with Gasteiger partial charge in [-0.2, -0.15) is 0 Å². The summed E-state index contributed by atoms with van der Waals surface area (Å²) >= 11 is 0. The Balaban J connectivity index is 1.49. The minimum Gasteiger partial charge on any atom is -0.467 e. The fraction of sp³-hybridized carbons (Fsp3) is 0.348. The van der Waals surface area contributed by atoms with Crippen LogP contribution in [0.3, 0.4) is 0 Å². The van der Waals surface area contributed by atoms with Crippen molar-refractivity contribution in [3.05, 3.63) is 71.8 Å². The van der Waals surface area contributed by atoms with Crippen molar-refractivity contribution in [2.75, 3.05) is 39.8 Å². The summed E-state index contributed by atoms with van der Waals surface area (Å²) in [4.78, 5) is 40.1. The van der Waals surface area contributed by atoms with E-state index >= 15 is 0 Å². The van der Waals surface area contributed by atoms with Gasteiger partial charge in [0, 0.05) is 12.0 Å². The van der Waals surface area contributed by atoms with E-state index in [9.17, 15) is 14.4 Å². The molecule has 1 saturated heterocycles. The van der Waals surface area contributed by atoms with Gasteiger partial charge in [0.2, 0.25) is 0 Å². The van der Waals surface area contributed by atoms with Crippen molar-refractivity contribution >= 4 is 17.8 Å².